The molecule has 0 radical (unpaired) electrons. The van der Waals surface area contributed by atoms with Gasteiger partial charge >= 0.3 is 5.97 Å². The number of methoxy groups -OCH3 is 1. The van der Waals surface area contributed by atoms with Crippen molar-refractivity contribution in [2.75, 3.05) is 7.11 Å². The molecule has 2 unspecified atom stereocenters. The van der Waals surface area contributed by atoms with E-state index in [1.807, 2.05) is 91.0 Å². The number of amides is 1. The molecule has 162 valence electrons. The normalized spacial score (nSPS) is 18.1. The van der Waals surface area contributed by atoms with Gasteiger partial charge in [-0.2, -0.15) is 0 Å². The topological polar surface area (TPSA) is 63.7 Å². The molecule has 3 aromatic rings. The Morgan fingerprint density at radius 1 is 0.812 bits per heavy atom. The number of nitrogens with zero attached hydrogens (tertiary/aromatic N) is 1. The van der Waals surface area contributed by atoms with Crippen LogP contribution in [0.5, 0.6) is 0 Å². The van der Waals surface area contributed by atoms with Crippen molar-refractivity contribution in [2.24, 2.45) is 5.92 Å². The maximum Gasteiger partial charge on any atom is 0.307 e. The molecule has 0 aromatic heterocycles. The molecule has 2 atom stereocenters. The van der Waals surface area contributed by atoms with Crippen molar-refractivity contribution in [3.05, 3.63) is 108 Å². The van der Waals surface area contributed by atoms with Crippen LogP contribution in [0.3, 0.4) is 0 Å². The second kappa shape index (κ2) is 8.79. The van der Waals surface area contributed by atoms with Crippen LogP contribution in [0.15, 0.2) is 91.0 Å². The third kappa shape index (κ3) is 3.40. The predicted molar refractivity (Wildman–Crippen MR) is 121 cm³/mol. The predicted octanol–water partition coefficient (Wildman–Crippen LogP) is 3.96. The van der Waals surface area contributed by atoms with Gasteiger partial charge in [0.15, 0.2) is 0 Å². The quantitative estimate of drug-likeness (QED) is 0.248. The number of hydrogen-bond donors (Lipinski definition) is 0. The van der Waals surface area contributed by atoms with Crippen LogP contribution in [-0.4, -0.2) is 35.7 Å². The lowest BCUT2D eigenvalue weighted by Gasteiger charge is -2.57. The number of ketones is 1. The van der Waals surface area contributed by atoms with Crippen LogP contribution in [0.25, 0.3) is 0 Å². The lowest BCUT2D eigenvalue weighted by Crippen LogP contribution is -2.71. The van der Waals surface area contributed by atoms with Gasteiger partial charge in [0.25, 0.3) is 0 Å². The van der Waals surface area contributed by atoms with Crippen LogP contribution in [-0.2, 0) is 24.7 Å². The Bertz CT molecular complexity index is 1020. The highest BCUT2D eigenvalue weighted by Crippen LogP contribution is 2.49. The Labute approximate surface area is 187 Å². The fraction of sp³-hybridized carbons (Fsp3) is 0.222. The molecule has 0 saturated carbocycles. The zero-order valence-electron chi connectivity index (χ0n) is 18.1. The standard InChI is InChI=1S/C27H25NO4/c1-19(29)25-23(18-24(30)32-2)28(26(25)31)27(20-12-6-3-7-13-20,21-14-8-4-9-15-21)22-16-10-5-11-17-22/h3-17,23,25H,18H2,1-2H3. The Hall–Kier alpha value is -3.73. The summed E-state index contributed by atoms with van der Waals surface area (Å²) in [7, 11) is 1.31. The van der Waals surface area contributed by atoms with Crippen LogP contribution in [0.4, 0.5) is 0 Å². The summed E-state index contributed by atoms with van der Waals surface area (Å²) in [5.41, 5.74) is 1.62. The lowest BCUT2D eigenvalue weighted by molar-refractivity contribution is -0.171. The Morgan fingerprint density at radius 3 is 1.56 bits per heavy atom. The van der Waals surface area contributed by atoms with Crippen molar-refractivity contribution >= 4 is 17.7 Å². The highest BCUT2D eigenvalue weighted by Gasteiger charge is 2.60. The van der Waals surface area contributed by atoms with Gasteiger partial charge in [0.2, 0.25) is 5.91 Å². The van der Waals surface area contributed by atoms with Crippen LogP contribution < -0.4 is 0 Å². The van der Waals surface area contributed by atoms with E-state index in [0.29, 0.717) is 0 Å². The molecule has 1 amide bonds. The van der Waals surface area contributed by atoms with Crippen molar-refractivity contribution in [1.29, 1.82) is 0 Å². The van der Waals surface area contributed by atoms with Crippen molar-refractivity contribution < 1.29 is 19.1 Å². The zero-order chi connectivity index (χ0) is 22.7. The maximum absolute atomic E-state index is 13.6. The van der Waals surface area contributed by atoms with E-state index in [-0.39, 0.29) is 18.1 Å². The molecule has 1 fully saturated rings. The first-order valence-electron chi connectivity index (χ1n) is 10.6. The summed E-state index contributed by atoms with van der Waals surface area (Å²) in [4.78, 5) is 40.0. The first-order valence-corrected chi connectivity index (χ1v) is 10.6. The first-order chi connectivity index (χ1) is 15.5. The number of hydrogen-bond acceptors (Lipinski definition) is 4. The second-order valence-corrected chi connectivity index (χ2v) is 7.95. The fourth-order valence-electron chi connectivity index (χ4n) is 4.82. The first kappa shape index (κ1) is 21.5. The van der Waals surface area contributed by atoms with E-state index in [0.717, 1.165) is 16.7 Å². The van der Waals surface area contributed by atoms with E-state index in [4.69, 9.17) is 4.74 Å². The lowest BCUT2D eigenvalue weighted by atomic mass is 9.69. The minimum absolute atomic E-state index is 0.0548. The van der Waals surface area contributed by atoms with Gasteiger partial charge in [-0.25, -0.2) is 0 Å². The average molecular weight is 428 g/mol. The van der Waals surface area contributed by atoms with Crippen LogP contribution in [0.2, 0.25) is 0 Å². The SMILES string of the molecule is COC(=O)CC1C(C(C)=O)C(=O)N1C(c1ccccc1)(c1ccccc1)c1ccccc1. The number of ether oxygens (including phenoxy) is 1. The minimum atomic E-state index is -1.01. The van der Waals surface area contributed by atoms with E-state index >= 15 is 0 Å². The van der Waals surface area contributed by atoms with E-state index in [2.05, 4.69) is 0 Å². The molecule has 1 heterocycles. The Kier molecular flexibility index (Phi) is 5.91. The zero-order valence-corrected chi connectivity index (χ0v) is 18.1. The summed E-state index contributed by atoms with van der Waals surface area (Å²) in [6.07, 6.45) is -0.0548. The third-order valence-corrected chi connectivity index (χ3v) is 6.20. The molecule has 0 bridgehead atoms. The van der Waals surface area contributed by atoms with Crippen molar-refractivity contribution in [3.8, 4) is 0 Å². The maximum atomic E-state index is 13.6. The molecule has 4 rings (SSSR count). The molecule has 0 spiro atoms. The number of esters is 1. The number of carbonyl (C=O) groups excluding carboxylic acids is 3. The summed E-state index contributed by atoms with van der Waals surface area (Å²) < 4.78 is 4.91. The summed E-state index contributed by atoms with van der Waals surface area (Å²) in [6.45, 7) is 1.40. The van der Waals surface area contributed by atoms with Gasteiger partial charge in [-0.05, 0) is 23.6 Å². The molecule has 0 N–H and O–H groups in total. The third-order valence-electron chi connectivity index (χ3n) is 6.20. The van der Waals surface area contributed by atoms with Gasteiger partial charge in [-0.3, -0.25) is 14.4 Å². The van der Waals surface area contributed by atoms with Crippen LogP contribution in [0, 0.1) is 5.92 Å². The molecule has 32 heavy (non-hydrogen) atoms. The van der Waals surface area contributed by atoms with Gasteiger partial charge < -0.3 is 9.64 Å². The molecule has 5 heteroatoms. The van der Waals surface area contributed by atoms with E-state index < -0.39 is 23.5 Å². The van der Waals surface area contributed by atoms with Gasteiger partial charge in [-0.15, -0.1) is 0 Å². The molecular weight excluding hydrogens is 402 g/mol. The van der Waals surface area contributed by atoms with E-state index in [9.17, 15) is 14.4 Å². The van der Waals surface area contributed by atoms with Gasteiger partial charge in [-0.1, -0.05) is 91.0 Å². The highest BCUT2D eigenvalue weighted by atomic mass is 16.5. The second-order valence-electron chi connectivity index (χ2n) is 7.95. The van der Waals surface area contributed by atoms with Crippen molar-refractivity contribution in [3.63, 3.8) is 0 Å². The smallest absolute Gasteiger partial charge is 0.307 e. The number of β-lactam (4-membered cyclic amide) rings is 1. The number of rotatable bonds is 7. The van der Waals surface area contributed by atoms with Crippen molar-refractivity contribution in [2.45, 2.75) is 24.9 Å². The Balaban J connectivity index is 2.02. The summed E-state index contributed by atoms with van der Waals surface area (Å²) in [5.74, 6) is -1.86. The molecule has 1 aliphatic heterocycles. The van der Waals surface area contributed by atoms with E-state index in [1.54, 1.807) is 4.90 Å². The monoisotopic (exact) mass is 427 g/mol. The molecular formula is C27H25NO4. The number of benzene rings is 3. The molecule has 0 aliphatic carbocycles. The molecule has 1 saturated heterocycles. The van der Waals surface area contributed by atoms with Gasteiger partial charge in [0.1, 0.15) is 17.2 Å². The minimum Gasteiger partial charge on any atom is -0.469 e. The van der Waals surface area contributed by atoms with Crippen LogP contribution >= 0.6 is 0 Å². The van der Waals surface area contributed by atoms with Gasteiger partial charge in [0.05, 0.1) is 19.6 Å². The highest BCUT2D eigenvalue weighted by molar-refractivity contribution is 6.07. The summed E-state index contributed by atoms with van der Waals surface area (Å²) in [5, 5.41) is 0. The van der Waals surface area contributed by atoms with Crippen LogP contribution in [0.1, 0.15) is 30.0 Å². The summed E-state index contributed by atoms with van der Waals surface area (Å²) >= 11 is 0. The average Bonchev–Trinajstić information content (AvgIpc) is 2.83. The van der Waals surface area contributed by atoms with Crippen molar-refractivity contribution in [1.82, 2.24) is 4.90 Å². The molecule has 1 aliphatic rings. The fourth-order valence-corrected chi connectivity index (χ4v) is 4.82. The Morgan fingerprint density at radius 2 is 1.22 bits per heavy atom. The van der Waals surface area contributed by atoms with E-state index in [1.165, 1.54) is 14.0 Å². The summed E-state index contributed by atoms with van der Waals surface area (Å²) in [6, 6.07) is 28.6. The molecule has 5 nitrogen and oxygen atoms in total. The van der Waals surface area contributed by atoms with Gasteiger partial charge in [0, 0.05) is 0 Å². The number of carbonyl (C=O) groups is 3. The molecule has 3 aromatic carbocycles. The number of Topliss-reactive ketones (excluding diaryl/α,β-unsaturated/α-hetero) is 1. The number of likely N-dealkylation sites (tertiary alicyclic amines) is 1. The largest absolute Gasteiger partial charge is 0.469 e.